The first-order valence-corrected chi connectivity index (χ1v) is 12.5. The number of pyridine rings is 2. The second kappa shape index (κ2) is 9.98. The van der Waals surface area contributed by atoms with Crippen LogP contribution in [0, 0.1) is 0 Å². The summed E-state index contributed by atoms with van der Waals surface area (Å²) in [5.41, 5.74) is 2.67. The molecular formula is C34H22N2O2Pt. The van der Waals surface area contributed by atoms with Crippen molar-refractivity contribution in [2.24, 2.45) is 0 Å². The van der Waals surface area contributed by atoms with E-state index in [1.165, 1.54) is 0 Å². The third-order valence-corrected chi connectivity index (χ3v) is 7.07. The van der Waals surface area contributed by atoms with Crippen LogP contribution >= 0.6 is 0 Å². The van der Waals surface area contributed by atoms with Crippen LogP contribution in [0.15, 0.2) is 121 Å². The molecule has 0 aliphatic heterocycles. The molecule has 0 unspecified atom stereocenters. The van der Waals surface area contributed by atoms with Gasteiger partial charge in [-0.3, -0.25) is 0 Å². The van der Waals surface area contributed by atoms with E-state index in [1.807, 2.05) is 97.1 Å². The molecule has 0 fully saturated rings. The van der Waals surface area contributed by atoms with Crippen molar-refractivity contribution in [1.29, 1.82) is 0 Å². The van der Waals surface area contributed by atoms with Crippen molar-refractivity contribution in [1.82, 2.24) is 9.97 Å². The fraction of sp³-hybridized carbons (Fsp3) is 0. The number of aromatic hydroxyl groups is 2. The smallest absolute Gasteiger partial charge is 0.132 e. The summed E-state index contributed by atoms with van der Waals surface area (Å²) in [5.74, 6) is 0.372. The summed E-state index contributed by atoms with van der Waals surface area (Å²) in [7, 11) is 0. The van der Waals surface area contributed by atoms with Gasteiger partial charge in [-0.2, -0.15) is 0 Å². The predicted molar refractivity (Wildman–Crippen MR) is 157 cm³/mol. The van der Waals surface area contributed by atoms with Gasteiger partial charge in [-0.1, -0.05) is 72.8 Å². The molecule has 0 atom stereocenters. The number of phenolic OH excluding ortho intramolecular Hbond substituents is 2. The molecule has 3 aromatic heterocycles. The minimum absolute atomic E-state index is 0. The van der Waals surface area contributed by atoms with E-state index < -0.39 is 0 Å². The Bertz CT molecular complexity index is 1870. The van der Waals surface area contributed by atoms with Gasteiger partial charge in [0.25, 0.3) is 0 Å². The number of para-hydroxylation sites is 2. The standard InChI is InChI=1S/C34H22N2O2.Pt/c37-33-25-11-3-13-27(33)29-15-5-17-31(35-29)32-18-6-16-30(36-32)28-14-4-12-26(34(28)38)24-10-2-8-22(20-24)21-7-1-9-23(25)19-21;/h1-20,37-38H;. The molecule has 4 aromatic carbocycles. The molecule has 7 rings (SSSR count). The summed E-state index contributed by atoms with van der Waals surface area (Å²) in [4.78, 5) is 9.73. The number of rotatable bonds is 0. The van der Waals surface area contributed by atoms with Crippen molar-refractivity contribution in [2.75, 3.05) is 0 Å². The van der Waals surface area contributed by atoms with Gasteiger partial charge in [0.05, 0.1) is 22.1 Å². The largest absolute Gasteiger partial charge is 0.507 e. The van der Waals surface area contributed by atoms with Crippen LogP contribution in [0.5, 0.6) is 11.5 Å². The molecule has 39 heavy (non-hydrogen) atoms. The molecule has 7 aromatic rings. The second-order valence-corrected chi connectivity index (χ2v) is 9.38. The molecule has 5 heteroatoms. The van der Waals surface area contributed by atoms with Gasteiger partial charge in [-0.25, -0.2) is 9.97 Å². The van der Waals surface area contributed by atoms with Gasteiger partial charge in [0.2, 0.25) is 0 Å². The van der Waals surface area contributed by atoms with E-state index in [0.717, 1.165) is 32.3 Å². The molecule has 0 saturated carbocycles. The summed E-state index contributed by atoms with van der Waals surface area (Å²) in [6, 6.07) is 39.2. The van der Waals surface area contributed by atoms with Gasteiger partial charge >= 0.3 is 0 Å². The summed E-state index contributed by atoms with van der Waals surface area (Å²) in [6.45, 7) is 0. The number of aromatic nitrogens is 2. The van der Waals surface area contributed by atoms with Crippen LogP contribution in [-0.2, 0) is 21.1 Å². The van der Waals surface area contributed by atoms with Crippen LogP contribution in [0.3, 0.4) is 0 Å². The van der Waals surface area contributed by atoms with Gasteiger partial charge in [0, 0.05) is 42.6 Å². The van der Waals surface area contributed by atoms with E-state index >= 15 is 0 Å². The second-order valence-electron chi connectivity index (χ2n) is 9.38. The van der Waals surface area contributed by atoms with Gasteiger partial charge in [-0.05, 0) is 70.1 Å². The van der Waals surface area contributed by atoms with E-state index in [0.29, 0.717) is 32.8 Å². The summed E-state index contributed by atoms with van der Waals surface area (Å²) in [5, 5.41) is 29.4. The van der Waals surface area contributed by atoms with E-state index in [9.17, 15) is 10.2 Å². The maximum atomic E-state index is 11.4. The number of hydrogen-bond donors (Lipinski definition) is 2. The fourth-order valence-corrected chi connectivity index (χ4v) is 5.15. The van der Waals surface area contributed by atoms with Crippen LogP contribution in [-0.4, -0.2) is 20.2 Å². The number of benzene rings is 4. The van der Waals surface area contributed by atoms with Crippen LogP contribution in [0.2, 0.25) is 0 Å². The van der Waals surface area contributed by atoms with Crippen molar-refractivity contribution >= 4 is 65.2 Å². The third kappa shape index (κ3) is 4.33. The predicted octanol–water partition coefficient (Wildman–Crippen LogP) is 8.49. The molecule has 4 nitrogen and oxygen atoms in total. The Morgan fingerprint density at radius 3 is 1.15 bits per heavy atom. The zero-order valence-electron chi connectivity index (χ0n) is 20.7. The van der Waals surface area contributed by atoms with Crippen LogP contribution in [0.25, 0.3) is 65.2 Å². The van der Waals surface area contributed by atoms with Crippen LogP contribution < -0.4 is 0 Å². The number of fused-ring (bicyclic) bond motifs is 18. The SMILES string of the molecule is Oc1c2cccc1c1cccc(n1)c1cccc(n1)c1cccc(c1O)c1cccc(c1)c1cccc2c1.[Pt]. The van der Waals surface area contributed by atoms with E-state index in [4.69, 9.17) is 9.97 Å². The zero-order valence-corrected chi connectivity index (χ0v) is 22.9. The van der Waals surface area contributed by atoms with Crippen LogP contribution in [0.1, 0.15) is 0 Å². The molecule has 0 aliphatic carbocycles. The quantitative estimate of drug-likeness (QED) is 0.168. The third-order valence-electron chi connectivity index (χ3n) is 7.07. The maximum absolute atomic E-state index is 11.4. The van der Waals surface area contributed by atoms with Crippen molar-refractivity contribution in [3.8, 4) is 11.5 Å². The monoisotopic (exact) mass is 685 g/mol. The van der Waals surface area contributed by atoms with Gasteiger partial charge in [0.15, 0.2) is 0 Å². The molecule has 0 amide bonds. The topological polar surface area (TPSA) is 66.2 Å². The Hall–Kier alpha value is -4.53. The van der Waals surface area contributed by atoms with Crippen molar-refractivity contribution in [3.63, 3.8) is 0 Å². The van der Waals surface area contributed by atoms with Crippen molar-refractivity contribution in [2.45, 2.75) is 0 Å². The van der Waals surface area contributed by atoms with E-state index in [2.05, 4.69) is 24.3 Å². The average molecular weight is 686 g/mol. The summed E-state index contributed by atoms with van der Waals surface area (Å²) < 4.78 is 0. The Balaban J connectivity index is 0.00000277. The summed E-state index contributed by atoms with van der Waals surface area (Å²) >= 11 is 0. The molecule has 0 radical (unpaired) electrons. The Labute approximate surface area is 238 Å². The molecule has 0 spiro atoms. The first-order valence-electron chi connectivity index (χ1n) is 12.5. The molecule has 0 saturated heterocycles. The maximum Gasteiger partial charge on any atom is 0.132 e. The molecule has 3 heterocycles. The van der Waals surface area contributed by atoms with E-state index in [1.54, 1.807) is 0 Å². The number of nitrogens with zero attached hydrogens (tertiary/aromatic N) is 2. The number of phenols is 2. The first-order chi connectivity index (χ1) is 18.7. The minimum Gasteiger partial charge on any atom is -0.507 e. The van der Waals surface area contributed by atoms with Crippen molar-refractivity contribution in [3.05, 3.63) is 121 Å². The van der Waals surface area contributed by atoms with Crippen molar-refractivity contribution < 1.29 is 31.3 Å². The van der Waals surface area contributed by atoms with Gasteiger partial charge < -0.3 is 10.2 Å². The minimum atomic E-state index is 0. The Kier molecular flexibility index (Phi) is 6.34. The molecule has 0 aliphatic rings. The number of hydrogen-bond acceptors (Lipinski definition) is 4. The first kappa shape index (κ1) is 24.8. The normalized spacial score (nSPS) is 11.1. The fourth-order valence-electron chi connectivity index (χ4n) is 5.15. The van der Waals surface area contributed by atoms with E-state index in [-0.39, 0.29) is 32.6 Å². The van der Waals surface area contributed by atoms with Crippen LogP contribution in [0.4, 0.5) is 0 Å². The summed E-state index contributed by atoms with van der Waals surface area (Å²) in [6.07, 6.45) is 0. The van der Waals surface area contributed by atoms with Gasteiger partial charge in [-0.15, -0.1) is 0 Å². The van der Waals surface area contributed by atoms with Gasteiger partial charge in [0.1, 0.15) is 11.5 Å². The Morgan fingerprint density at radius 1 is 0.359 bits per heavy atom. The zero-order chi connectivity index (χ0) is 25.6. The average Bonchev–Trinajstić information content (AvgIpc) is 2.97. The molecule has 12 bridgehead atoms. The molecular weight excluding hydrogens is 663 g/mol. The molecule has 2 N–H and O–H groups in total. The Morgan fingerprint density at radius 2 is 0.692 bits per heavy atom. The molecule has 190 valence electrons.